The average molecular weight is 425 g/mol. The van der Waals surface area contributed by atoms with E-state index >= 15 is 0 Å². The number of aryl methyl sites for hydroxylation is 1. The van der Waals surface area contributed by atoms with Gasteiger partial charge in [0.2, 0.25) is 0 Å². The van der Waals surface area contributed by atoms with Gasteiger partial charge in [-0.2, -0.15) is 0 Å². The molecule has 4 rings (SSSR count). The van der Waals surface area contributed by atoms with E-state index in [1.165, 1.54) is 35.1 Å². The molecule has 1 fully saturated rings. The van der Waals surface area contributed by atoms with Crippen LogP contribution >= 0.6 is 0 Å². The van der Waals surface area contributed by atoms with Crippen molar-refractivity contribution in [3.63, 3.8) is 0 Å². The van der Waals surface area contributed by atoms with Crippen LogP contribution in [0.1, 0.15) is 100 Å². The summed E-state index contributed by atoms with van der Waals surface area (Å²) < 4.78 is 6.17. The molecule has 0 aromatic heterocycles. The van der Waals surface area contributed by atoms with Crippen molar-refractivity contribution in [1.29, 1.82) is 0 Å². The van der Waals surface area contributed by atoms with Crippen molar-refractivity contribution in [2.24, 2.45) is 29.1 Å². The lowest BCUT2D eigenvalue weighted by Crippen LogP contribution is -2.38. The highest BCUT2D eigenvalue weighted by atomic mass is 16.5. The Labute approximate surface area is 190 Å². The minimum Gasteiger partial charge on any atom is -0.393 e. The van der Waals surface area contributed by atoms with Gasteiger partial charge in [-0.1, -0.05) is 52.8 Å². The predicted octanol–water partition coefficient (Wildman–Crippen LogP) is 6.92. The lowest BCUT2D eigenvalue weighted by Gasteiger charge is -2.47. The molecule has 3 aliphatic carbocycles. The molecule has 0 saturated heterocycles. The third-order valence-electron chi connectivity index (χ3n) is 9.49. The molecule has 31 heavy (non-hydrogen) atoms. The third-order valence-corrected chi connectivity index (χ3v) is 9.49. The summed E-state index contributed by atoms with van der Waals surface area (Å²) in [5, 5.41) is 10.3. The lowest BCUT2D eigenvalue weighted by molar-refractivity contribution is 0.0131. The van der Waals surface area contributed by atoms with E-state index in [2.05, 4.69) is 59.8 Å². The highest BCUT2D eigenvalue weighted by molar-refractivity contribution is 5.52. The summed E-state index contributed by atoms with van der Waals surface area (Å²) in [5.41, 5.74) is 7.60. The topological polar surface area (TPSA) is 29.5 Å². The normalized spacial score (nSPS) is 34.5. The second-order valence-corrected chi connectivity index (χ2v) is 11.6. The summed E-state index contributed by atoms with van der Waals surface area (Å²) >= 11 is 0. The number of methoxy groups -OCH3 is 1. The number of rotatable bonds is 5. The van der Waals surface area contributed by atoms with Crippen molar-refractivity contribution in [2.75, 3.05) is 7.11 Å². The summed E-state index contributed by atoms with van der Waals surface area (Å²) in [6.45, 7) is 14.3. The summed E-state index contributed by atoms with van der Waals surface area (Å²) in [4.78, 5) is 0. The van der Waals surface area contributed by atoms with E-state index in [0.29, 0.717) is 29.6 Å². The second kappa shape index (κ2) is 8.67. The Morgan fingerprint density at radius 3 is 2.55 bits per heavy atom. The van der Waals surface area contributed by atoms with Gasteiger partial charge in [-0.15, -0.1) is 0 Å². The summed E-state index contributed by atoms with van der Waals surface area (Å²) in [5.74, 6) is 3.27. The molecule has 0 spiro atoms. The number of hydrogen-bond donors (Lipinski definition) is 1. The molecule has 0 amide bonds. The molecule has 2 nitrogen and oxygen atoms in total. The Morgan fingerprint density at radius 2 is 1.87 bits per heavy atom. The van der Waals surface area contributed by atoms with Crippen LogP contribution in [0.15, 0.2) is 18.2 Å². The maximum atomic E-state index is 10.3. The van der Waals surface area contributed by atoms with Crippen molar-refractivity contribution in [2.45, 2.75) is 98.2 Å². The zero-order valence-electron chi connectivity index (χ0n) is 20.9. The van der Waals surface area contributed by atoms with Crippen molar-refractivity contribution in [3.05, 3.63) is 46.0 Å². The van der Waals surface area contributed by atoms with E-state index in [9.17, 15) is 5.11 Å². The molecule has 1 saturated carbocycles. The van der Waals surface area contributed by atoms with Gasteiger partial charge in [-0.25, -0.2) is 0 Å². The van der Waals surface area contributed by atoms with Crippen LogP contribution in [0.25, 0.3) is 0 Å². The Morgan fingerprint density at radius 1 is 1.13 bits per heavy atom. The van der Waals surface area contributed by atoms with Gasteiger partial charge < -0.3 is 9.84 Å². The fourth-order valence-corrected chi connectivity index (χ4v) is 7.20. The maximum Gasteiger partial charge on any atom is 0.0832 e. The van der Waals surface area contributed by atoms with E-state index in [1.807, 2.05) is 7.11 Å². The molecule has 0 heterocycles. The van der Waals surface area contributed by atoms with Gasteiger partial charge in [-0.05, 0) is 108 Å². The fraction of sp³-hybridized carbons (Fsp3) is 0.724. The largest absolute Gasteiger partial charge is 0.393 e. The number of ether oxygens (including phenoxy) is 1. The van der Waals surface area contributed by atoms with E-state index in [-0.39, 0.29) is 17.6 Å². The lowest BCUT2D eigenvalue weighted by atomic mass is 9.59. The van der Waals surface area contributed by atoms with Crippen LogP contribution in [0.4, 0.5) is 0 Å². The van der Waals surface area contributed by atoms with E-state index < -0.39 is 0 Å². The monoisotopic (exact) mass is 424 g/mol. The Balaban J connectivity index is 1.70. The first kappa shape index (κ1) is 23.1. The predicted molar refractivity (Wildman–Crippen MR) is 129 cm³/mol. The number of fused-ring (bicyclic) bond motifs is 4. The first-order valence-corrected chi connectivity index (χ1v) is 12.7. The zero-order chi connectivity index (χ0) is 22.5. The molecule has 1 aromatic rings. The van der Waals surface area contributed by atoms with E-state index in [1.54, 1.807) is 5.56 Å². The van der Waals surface area contributed by atoms with Gasteiger partial charge >= 0.3 is 0 Å². The van der Waals surface area contributed by atoms with Crippen molar-refractivity contribution in [1.82, 2.24) is 0 Å². The standard InChI is InChI=1S/C29H44O2/c1-17(2)18(3)8-9-19(4)25-12-13-26-24-14-21-10-11-22(30)15-23(21)20(5)28(24)27(31-7)16-29(25,26)6/h8-9,14,17-19,22,25-27,30H,10-13,15-16H2,1-7H3/b9-8+/t18-,19+,22-,25+,26-,27+,29+/m0/s1. The molecule has 7 atom stereocenters. The van der Waals surface area contributed by atoms with E-state index in [4.69, 9.17) is 4.74 Å². The molecule has 0 radical (unpaired) electrons. The van der Waals surface area contributed by atoms with Crippen molar-refractivity contribution < 1.29 is 9.84 Å². The van der Waals surface area contributed by atoms with Gasteiger partial charge in [0.05, 0.1) is 12.2 Å². The molecule has 0 bridgehead atoms. The highest BCUT2D eigenvalue weighted by Gasteiger charge is 2.53. The number of aliphatic hydroxyl groups excluding tert-OH is 1. The number of aliphatic hydroxyl groups is 1. The smallest absolute Gasteiger partial charge is 0.0832 e. The van der Waals surface area contributed by atoms with Crippen LogP contribution in [0.2, 0.25) is 0 Å². The van der Waals surface area contributed by atoms with Crippen molar-refractivity contribution in [3.8, 4) is 0 Å². The molecule has 172 valence electrons. The third kappa shape index (κ3) is 3.93. The van der Waals surface area contributed by atoms with Crippen LogP contribution in [0, 0.1) is 36.0 Å². The van der Waals surface area contributed by atoms with Gasteiger partial charge in [0.15, 0.2) is 0 Å². The average Bonchev–Trinajstić information content (AvgIpc) is 3.08. The summed E-state index contributed by atoms with van der Waals surface area (Å²) in [7, 11) is 1.89. The quantitative estimate of drug-likeness (QED) is 0.520. The molecule has 1 aromatic carbocycles. The number of benzene rings is 1. The SMILES string of the molecule is CO[C@@H]1C[C@]2(C)[C@@H]([C@H](C)/C=C/[C@H](C)C(C)C)CC[C@H]2c2cc3c(c(C)c21)C[C@@H](O)CC3. The highest BCUT2D eigenvalue weighted by Crippen LogP contribution is 2.64. The van der Waals surface area contributed by atoms with Gasteiger partial charge in [0.1, 0.15) is 0 Å². The molecule has 0 aliphatic heterocycles. The minimum absolute atomic E-state index is 0.173. The van der Waals surface area contributed by atoms with Gasteiger partial charge in [0, 0.05) is 7.11 Å². The van der Waals surface area contributed by atoms with Gasteiger partial charge in [-0.3, -0.25) is 0 Å². The molecular weight excluding hydrogens is 380 g/mol. The molecule has 3 aliphatic rings. The zero-order valence-corrected chi connectivity index (χ0v) is 20.9. The molecule has 0 unspecified atom stereocenters. The van der Waals surface area contributed by atoms with Crippen LogP contribution in [0.3, 0.4) is 0 Å². The van der Waals surface area contributed by atoms with Crippen LogP contribution in [-0.2, 0) is 17.6 Å². The molecular formula is C29H44O2. The molecule has 1 N–H and O–H groups in total. The Hall–Kier alpha value is -1.12. The van der Waals surface area contributed by atoms with Crippen LogP contribution in [-0.4, -0.2) is 18.3 Å². The maximum absolute atomic E-state index is 10.3. The van der Waals surface area contributed by atoms with Crippen molar-refractivity contribution >= 4 is 0 Å². The van der Waals surface area contributed by atoms with Crippen LogP contribution < -0.4 is 0 Å². The Bertz CT molecular complexity index is 838. The first-order chi connectivity index (χ1) is 14.7. The summed E-state index contributed by atoms with van der Waals surface area (Å²) in [6, 6.07) is 2.53. The second-order valence-electron chi connectivity index (χ2n) is 11.6. The summed E-state index contributed by atoms with van der Waals surface area (Å²) in [6.07, 6.45) is 11.4. The Kier molecular flexibility index (Phi) is 6.45. The van der Waals surface area contributed by atoms with Crippen LogP contribution in [0.5, 0.6) is 0 Å². The molecule has 2 heteroatoms. The van der Waals surface area contributed by atoms with E-state index in [0.717, 1.165) is 25.7 Å². The number of allylic oxidation sites excluding steroid dienone is 2. The minimum atomic E-state index is -0.184. The fourth-order valence-electron chi connectivity index (χ4n) is 7.20. The van der Waals surface area contributed by atoms with Gasteiger partial charge in [0.25, 0.3) is 0 Å². The number of hydrogen-bond acceptors (Lipinski definition) is 2. The first-order valence-electron chi connectivity index (χ1n) is 12.7.